The van der Waals surface area contributed by atoms with Crippen LogP contribution in [0.4, 0.5) is 17.1 Å². The van der Waals surface area contributed by atoms with Gasteiger partial charge in [-0.3, -0.25) is 0 Å². The summed E-state index contributed by atoms with van der Waals surface area (Å²) in [7, 11) is 0. The molecule has 0 saturated heterocycles. The summed E-state index contributed by atoms with van der Waals surface area (Å²) in [5, 5.41) is 2.48. The molecule has 182 valence electrons. The number of hydrogen-bond acceptors (Lipinski definition) is 1. The Labute approximate surface area is 224 Å². The lowest BCUT2D eigenvalue weighted by Crippen LogP contribution is -2.16. The zero-order valence-corrected chi connectivity index (χ0v) is 21.7. The molecule has 0 amide bonds. The fraction of sp³-hybridized carbons (Fsp3) is 0.0811. The van der Waals surface area contributed by atoms with Crippen LogP contribution in [0.5, 0.6) is 0 Å². The van der Waals surface area contributed by atoms with E-state index in [2.05, 4.69) is 158 Å². The second kappa shape index (κ2) is 8.75. The molecule has 0 aliphatic heterocycles. The standard InChI is InChI=1S/C37H29N/c1-37(2)32-21-12-11-20-30(32)36-33(37)22-13-23-34(36)38(29-18-7-4-8-19-29)35-25-28-17-10-9-16-27(28)24-31(35)26-14-5-3-6-15-26/h3-25H,1-2H3. The molecule has 1 heteroatoms. The van der Waals surface area contributed by atoms with E-state index in [0.717, 1.165) is 5.69 Å². The molecule has 7 rings (SSSR count). The molecule has 0 fully saturated rings. The summed E-state index contributed by atoms with van der Waals surface area (Å²) in [6, 6.07) is 50.6. The number of rotatable bonds is 4. The van der Waals surface area contributed by atoms with Gasteiger partial charge in [-0.2, -0.15) is 0 Å². The molecule has 0 radical (unpaired) electrons. The Balaban J connectivity index is 1.58. The smallest absolute Gasteiger partial charge is 0.0546 e. The molecular formula is C37H29N. The van der Waals surface area contributed by atoms with E-state index in [1.165, 1.54) is 55.5 Å². The Kier molecular flexibility index (Phi) is 5.19. The van der Waals surface area contributed by atoms with Crippen molar-refractivity contribution < 1.29 is 0 Å². The predicted molar refractivity (Wildman–Crippen MR) is 162 cm³/mol. The van der Waals surface area contributed by atoms with Gasteiger partial charge in [-0.1, -0.05) is 123 Å². The van der Waals surface area contributed by atoms with Crippen LogP contribution in [0.1, 0.15) is 25.0 Å². The Bertz CT molecular complexity index is 1780. The van der Waals surface area contributed by atoms with Gasteiger partial charge < -0.3 is 4.90 Å². The highest BCUT2D eigenvalue weighted by molar-refractivity contribution is 6.01. The van der Waals surface area contributed by atoms with Crippen molar-refractivity contribution in [1.82, 2.24) is 0 Å². The molecular weight excluding hydrogens is 458 g/mol. The monoisotopic (exact) mass is 487 g/mol. The van der Waals surface area contributed by atoms with E-state index in [1.807, 2.05) is 0 Å². The number of fused-ring (bicyclic) bond motifs is 4. The second-order valence-corrected chi connectivity index (χ2v) is 10.6. The summed E-state index contributed by atoms with van der Waals surface area (Å²) < 4.78 is 0. The molecule has 38 heavy (non-hydrogen) atoms. The summed E-state index contributed by atoms with van der Waals surface area (Å²) in [5.41, 5.74) is 11.3. The average Bonchev–Trinajstić information content (AvgIpc) is 3.21. The van der Waals surface area contributed by atoms with Crippen LogP contribution in [0.3, 0.4) is 0 Å². The molecule has 1 aliphatic carbocycles. The number of nitrogens with zero attached hydrogens (tertiary/aromatic N) is 1. The summed E-state index contributed by atoms with van der Waals surface area (Å²) in [6.07, 6.45) is 0. The van der Waals surface area contributed by atoms with E-state index >= 15 is 0 Å². The molecule has 0 saturated carbocycles. The molecule has 0 aromatic heterocycles. The van der Waals surface area contributed by atoms with E-state index in [4.69, 9.17) is 0 Å². The minimum atomic E-state index is -0.0596. The minimum absolute atomic E-state index is 0.0596. The van der Waals surface area contributed by atoms with Gasteiger partial charge in [-0.05, 0) is 63.4 Å². The lowest BCUT2D eigenvalue weighted by Gasteiger charge is -2.31. The van der Waals surface area contributed by atoms with Crippen molar-refractivity contribution in [3.63, 3.8) is 0 Å². The van der Waals surface area contributed by atoms with Crippen LogP contribution in [0, 0.1) is 0 Å². The van der Waals surface area contributed by atoms with E-state index < -0.39 is 0 Å². The first-order valence-corrected chi connectivity index (χ1v) is 13.3. The van der Waals surface area contributed by atoms with Crippen LogP contribution in [0.2, 0.25) is 0 Å². The quantitative estimate of drug-likeness (QED) is 0.239. The number of hydrogen-bond donors (Lipinski definition) is 0. The molecule has 6 aromatic carbocycles. The highest BCUT2D eigenvalue weighted by atomic mass is 15.1. The van der Waals surface area contributed by atoms with Gasteiger partial charge in [-0.15, -0.1) is 0 Å². The molecule has 1 nitrogen and oxygen atoms in total. The first-order valence-electron chi connectivity index (χ1n) is 13.3. The number of anilines is 3. The maximum Gasteiger partial charge on any atom is 0.0546 e. The van der Waals surface area contributed by atoms with Crippen molar-refractivity contribution in [3.8, 4) is 22.3 Å². The molecule has 0 unspecified atom stereocenters. The third-order valence-electron chi connectivity index (χ3n) is 8.03. The lowest BCUT2D eigenvalue weighted by molar-refractivity contribution is 0.660. The van der Waals surface area contributed by atoms with Crippen LogP contribution < -0.4 is 4.90 Å². The SMILES string of the molecule is CC1(C)c2ccccc2-c2c(N(c3ccccc3)c3cc4ccccc4cc3-c3ccccc3)cccc21. The van der Waals surface area contributed by atoms with Gasteiger partial charge in [0.1, 0.15) is 0 Å². The van der Waals surface area contributed by atoms with E-state index in [9.17, 15) is 0 Å². The predicted octanol–water partition coefficient (Wildman–Crippen LogP) is 10.3. The van der Waals surface area contributed by atoms with Crippen molar-refractivity contribution in [1.29, 1.82) is 0 Å². The molecule has 0 N–H and O–H groups in total. The van der Waals surface area contributed by atoms with Gasteiger partial charge in [0, 0.05) is 22.2 Å². The first kappa shape index (κ1) is 22.6. The minimum Gasteiger partial charge on any atom is -0.309 e. The summed E-state index contributed by atoms with van der Waals surface area (Å²) in [5.74, 6) is 0. The van der Waals surface area contributed by atoms with Crippen molar-refractivity contribution >= 4 is 27.8 Å². The topological polar surface area (TPSA) is 3.24 Å². The number of para-hydroxylation sites is 1. The largest absolute Gasteiger partial charge is 0.309 e. The Morgan fingerprint density at radius 2 is 1.08 bits per heavy atom. The third kappa shape index (κ3) is 3.47. The summed E-state index contributed by atoms with van der Waals surface area (Å²) in [4.78, 5) is 2.46. The van der Waals surface area contributed by atoms with Gasteiger partial charge in [0.15, 0.2) is 0 Å². The van der Waals surface area contributed by atoms with Crippen molar-refractivity contribution in [3.05, 3.63) is 151 Å². The fourth-order valence-corrected chi connectivity index (χ4v) is 6.17. The first-order chi connectivity index (χ1) is 18.6. The molecule has 0 spiro atoms. The summed E-state index contributed by atoms with van der Waals surface area (Å²) in [6.45, 7) is 4.69. The third-order valence-corrected chi connectivity index (χ3v) is 8.03. The van der Waals surface area contributed by atoms with Gasteiger partial charge in [0.2, 0.25) is 0 Å². The van der Waals surface area contributed by atoms with Crippen LogP contribution in [0.25, 0.3) is 33.0 Å². The zero-order valence-electron chi connectivity index (χ0n) is 21.7. The van der Waals surface area contributed by atoms with Crippen molar-refractivity contribution in [2.24, 2.45) is 0 Å². The van der Waals surface area contributed by atoms with Crippen molar-refractivity contribution in [2.75, 3.05) is 4.90 Å². The van der Waals surface area contributed by atoms with Crippen molar-refractivity contribution in [2.45, 2.75) is 19.3 Å². The van der Waals surface area contributed by atoms with Crippen LogP contribution in [0.15, 0.2) is 140 Å². The zero-order chi connectivity index (χ0) is 25.7. The van der Waals surface area contributed by atoms with Crippen LogP contribution in [-0.4, -0.2) is 0 Å². The van der Waals surface area contributed by atoms with Gasteiger partial charge in [0.25, 0.3) is 0 Å². The Morgan fingerprint density at radius 1 is 0.474 bits per heavy atom. The number of benzene rings is 6. The van der Waals surface area contributed by atoms with Gasteiger partial charge >= 0.3 is 0 Å². The highest BCUT2D eigenvalue weighted by Crippen LogP contribution is 2.55. The second-order valence-electron chi connectivity index (χ2n) is 10.6. The maximum atomic E-state index is 2.46. The van der Waals surface area contributed by atoms with Gasteiger partial charge in [0.05, 0.1) is 11.4 Å². The van der Waals surface area contributed by atoms with E-state index in [-0.39, 0.29) is 5.41 Å². The molecule has 0 atom stereocenters. The lowest BCUT2D eigenvalue weighted by atomic mass is 9.82. The van der Waals surface area contributed by atoms with Crippen LogP contribution >= 0.6 is 0 Å². The fourth-order valence-electron chi connectivity index (χ4n) is 6.17. The molecule has 1 aliphatic rings. The Morgan fingerprint density at radius 3 is 1.84 bits per heavy atom. The normalized spacial score (nSPS) is 13.2. The van der Waals surface area contributed by atoms with Gasteiger partial charge in [-0.25, -0.2) is 0 Å². The molecule has 0 heterocycles. The molecule has 0 bridgehead atoms. The highest BCUT2D eigenvalue weighted by Gasteiger charge is 2.37. The maximum absolute atomic E-state index is 2.46. The summed E-state index contributed by atoms with van der Waals surface area (Å²) >= 11 is 0. The molecule has 6 aromatic rings. The van der Waals surface area contributed by atoms with E-state index in [0.29, 0.717) is 0 Å². The van der Waals surface area contributed by atoms with E-state index in [1.54, 1.807) is 0 Å². The van der Waals surface area contributed by atoms with Crippen LogP contribution in [-0.2, 0) is 5.41 Å². The average molecular weight is 488 g/mol. The Hall–Kier alpha value is -4.62.